The van der Waals surface area contributed by atoms with Gasteiger partial charge in [-0.05, 0) is 55.5 Å². The number of amides is 1. The van der Waals surface area contributed by atoms with Gasteiger partial charge in [-0.25, -0.2) is 13.2 Å². The molecule has 12 heteroatoms. The summed E-state index contributed by atoms with van der Waals surface area (Å²) in [7, 11) is -2.54. The molecule has 3 rings (SSSR count). The van der Waals surface area contributed by atoms with Gasteiger partial charge in [0.1, 0.15) is 11.4 Å². The summed E-state index contributed by atoms with van der Waals surface area (Å²) >= 11 is 0. The van der Waals surface area contributed by atoms with Gasteiger partial charge in [0.15, 0.2) is 6.10 Å². The number of hydrogen-bond donors (Lipinski definition) is 2. The standard InChI is InChI=1S/C23H21N3O8S/c1-15(22(27)24-20-8-3-4-9-21(20)26(29)30)34-23(28)16-6-5-7-19(14-16)35(31,32)25-17-10-12-18(33-2)13-11-17/h3-15,25H,1-2H3,(H,24,27). The molecule has 0 aliphatic rings. The van der Waals surface area contributed by atoms with Crippen molar-refractivity contribution in [3.63, 3.8) is 0 Å². The van der Waals surface area contributed by atoms with Gasteiger partial charge < -0.3 is 14.8 Å². The van der Waals surface area contributed by atoms with E-state index in [1.165, 1.54) is 68.6 Å². The highest BCUT2D eigenvalue weighted by Gasteiger charge is 2.23. The van der Waals surface area contributed by atoms with Crippen LogP contribution < -0.4 is 14.8 Å². The van der Waals surface area contributed by atoms with Crippen LogP contribution in [0.1, 0.15) is 17.3 Å². The minimum absolute atomic E-state index is 0.0527. The summed E-state index contributed by atoms with van der Waals surface area (Å²) in [6.45, 7) is 1.29. The number of anilines is 2. The number of nitro groups is 1. The van der Waals surface area contributed by atoms with E-state index in [1.54, 1.807) is 12.1 Å². The van der Waals surface area contributed by atoms with Crippen molar-refractivity contribution in [1.29, 1.82) is 0 Å². The predicted molar refractivity (Wildman–Crippen MR) is 127 cm³/mol. The molecule has 1 amide bonds. The monoisotopic (exact) mass is 499 g/mol. The first-order chi connectivity index (χ1) is 16.6. The van der Waals surface area contributed by atoms with E-state index < -0.39 is 32.9 Å². The summed E-state index contributed by atoms with van der Waals surface area (Å²) in [6.07, 6.45) is -1.32. The number of rotatable bonds is 9. The first kappa shape index (κ1) is 25.2. The molecule has 182 valence electrons. The molecule has 0 aromatic heterocycles. The molecule has 0 saturated heterocycles. The minimum atomic E-state index is -4.03. The number of benzene rings is 3. The smallest absolute Gasteiger partial charge is 0.338 e. The highest BCUT2D eigenvalue weighted by atomic mass is 32.2. The number of esters is 1. The molecule has 3 aromatic carbocycles. The van der Waals surface area contributed by atoms with Crippen molar-refractivity contribution in [2.45, 2.75) is 17.9 Å². The molecule has 1 atom stereocenters. The molecular weight excluding hydrogens is 478 g/mol. The molecule has 1 unspecified atom stereocenters. The average molecular weight is 500 g/mol. The Morgan fingerprint density at radius 2 is 1.69 bits per heavy atom. The average Bonchev–Trinajstić information content (AvgIpc) is 2.84. The van der Waals surface area contributed by atoms with E-state index in [0.29, 0.717) is 11.4 Å². The number of ether oxygens (including phenoxy) is 2. The Bertz CT molecular complexity index is 1360. The predicted octanol–water partition coefficient (Wildman–Crippen LogP) is 3.59. The van der Waals surface area contributed by atoms with Crippen molar-refractivity contribution < 1.29 is 32.4 Å². The molecule has 2 N–H and O–H groups in total. The lowest BCUT2D eigenvalue weighted by Crippen LogP contribution is -2.30. The molecule has 35 heavy (non-hydrogen) atoms. The lowest BCUT2D eigenvalue weighted by molar-refractivity contribution is -0.383. The van der Waals surface area contributed by atoms with Crippen molar-refractivity contribution in [2.75, 3.05) is 17.1 Å². The van der Waals surface area contributed by atoms with Gasteiger partial charge in [0.05, 0.1) is 22.5 Å². The number of para-hydroxylation sites is 2. The van der Waals surface area contributed by atoms with Crippen molar-refractivity contribution in [2.24, 2.45) is 0 Å². The third-order valence-electron chi connectivity index (χ3n) is 4.73. The highest BCUT2D eigenvalue weighted by Crippen LogP contribution is 2.24. The van der Waals surface area contributed by atoms with Crippen molar-refractivity contribution in [3.8, 4) is 5.75 Å². The summed E-state index contributed by atoms with van der Waals surface area (Å²) in [5.74, 6) is -1.19. The Morgan fingerprint density at radius 1 is 1.00 bits per heavy atom. The normalized spacial score (nSPS) is 11.7. The van der Waals surface area contributed by atoms with E-state index in [9.17, 15) is 28.1 Å². The number of carbonyl (C=O) groups excluding carboxylic acids is 2. The van der Waals surface area contributed by atoms with Crippen LogP contribution in [-0.4, -0.2) is 38.4 Å². The van der Waals surface area contributed by atoms with E-state index in [0.717, 1.165) is 6.07 Å². The number of nitrogens with one attached hydrogen (secondary N) is 2. The molecule has 3 aromatic rings. The Labute approximate surface area is 200 Å². The van der Waals surface area contributed by atoms with Crippen LogP contribution >= 0.6 is 0 Å². The first-order valence-electron chi connectivity index (χ1n) is 10.1. The molecule has 0 bridgehead atoms. The first-order valence-corrected chi connectivity index (χ1v) is 11.6. The van der Waals surface area contributed by atoms with E-state index in [2.05, 4.69) is 10.0 Å². The summed E-state index contributed by atoms with van der Waals surface area (Å²) in [5.41, 5.74) is -0.184. The van der Waals surface area contributed by atoms with E-state index in [1.807, 2.05) is 0 Å². The number of nitro benzene ring substituents is 1. The molecular formula is C23H21N3O8S. The van der Waals surface area contributed by atoms with Crippen LogP contribution in [0.25, 0.3) is 0 Å². The Kier molecular flexibility index (Phi) is 7.66. The zero-order valence-electron chi connectivity index (χ0n) is 18.6. The fourth-order valence-electron chi connectivity index (χ4n) is 2.92. The van der Waals surface area contributed by atoms with Gasteiger partial charge in [0.25, 0.3) is 21.6 Å². The van der Waals surface area contributed by atoms with Crippen molar-refractivity contribution >= 4 is 39.0 Å². The molecule has 0 spiro atoms. The zero-order chi connectivity index (χ0) is 25.6. The van der Waals surface area contributed by atoms with Crippen LogP contribution in [-0.2, 0) is 19.6 Å². The maximum Gasteiger partial charge on any atom is 0.338 e. The van der Waals surface area contributed by atoms with Crippen LogP contribution in [0.2, 0.25) is 0 Å². The lowest BCUT2D eigenvalue weighted by atomic mass is 10.2. The van der Waals surface area contributed by atoms with Crippen LogP contribution in [0.4, 0.5) is 17.1 Å². The van der Waals surface area contributed by atoms with Gasteiger partial charge in [-0.1, -0.05) is 18.2 Å². The Morgan fingerprint density at radius 3 is 2.34 bits per heavy atom. The number of nitrogens with zero attached hydrogens (tertiary/aromatic N) is 1. The molecule has 0 saturated carbocycles. The van der Waals surface area contributed by atoms with Crippen molar-refractivity contribution in [3.05, 3.63) is 88.5 Å². The highest BCUT2D eigenvalue weighted by molar-refractivity contribution is 7.92. The Hall–Kier alpha value is -4.45. The number of sulfonamides is 1. The largest absolute Gasteiger partial charge is 0.497 e. The summed E-state index contributed by atoms with van der Waals surface area (Å²) in [5, 5.41) is 13.4. The SMILES string of the molecule is COc1ccc(NS(=O)(=O)c2cccc(C(=O)OC(C)C(=O)Nc3ccccc3[N+](=O)[O-])c2)cc1. The Balaban J connectivity index is 1.70. The summed E-state index contributed by atoms with van der Waals surface area (Å²) in [4.78, 5) is 35.2. The third kappa shape index (κ3) is 6.32. The van der Waals surface area contributed by atoms with Gasteiger partial charge >= 0.3 is 5.97 Å². The number of methoxy groups -OCH3 is 1. The molecule has 11 nitrogen and oxygen atoms in total. The molecule has 0 aliphatic carbocycles. The fraction of sp³-hybridized carbons (Fsp3) is 0.130. The minimum Gasteiger partial charge on any atom is -0.497 e. The van der Waals surface area contributed by atoms with Gasteiger partial charge in [0, 0.05) is 11.8 Å². The van der Waals surface area contributed by atoms with Crippen LogP contribution in [0, 0.1) is 10.1 Å². The lowest BCUT2D eigenvalue weighted by Gasteiger charge is -2.14. The molecule has 0 fully saturated rings. The summed E-state index contributed by atoms with van der Waals surface area (Å²) < 4.78 is 38.0. The van der Waals surface area contributed by atoms with Gasteiger partial charge in [-0.2, -0.15) is 0 Å². The molecule has 0 heterocycles. The maximum atomic E-state index is 12.7. The van der Waals surface area contributed by atoms with Crippen LogP contribution in [0.5, 0.6) is 5.75 Å². The second-order valence-corrected chi connectivity index (χ2v) is 8.86. The second-order valence-electron chi connectivity index (χ2n) is 7.17. The van der Waals surface area contributed by atoms with Gasteiger partial charge in [0.2, 0.25) is 0 Å². The topological polar surface area (TPSA) is 154 Å². The summed E-state index contributed by atoms with van der Waals surface area (Å²) in [6, 6.07) is 16.8. The van der Waals surface area contributed by atoms with E-state index >= 15 is 0 Å². The number of carbonyl (C=O) groups is 2. The van der Waals surface area contributed by atoms with Crippen molar-refractivity contribution in [1.82, 2.24) is 0 Å². The van der Waals surface area contributed by atoms with Gasteiger partial charge in [-0.15, -0.1) is 0 Å². The van der Waals surface area contributed by atoms with Crippen LogP contribution in [0.3, 0.4) is 0 Å². The fourth-order valence-corrected chi connectivity index (χ4v) is 4.02. The maximum absolute atomic E-state index is 12.7. The molecule has 0 aliphatic heterocycles. The zero-order valence-corrected chi connectivity index (χ0v) is 19.4. The van der Waals surface area contributed by atoms with E-state index in [4.69, 9.17) is 9.47 Å². The number of hydrogen-bond acceptors (Lipinski definition) is 8. The second kappa shape index (κ2) is 10.7. The van der Waals surface area contributed by atoms with E-state index in [-0.39, 0.29) is 21.8 Å². The molecule has 0 radical (unpaired) electrons. The third-order valence-corrected chi connectivity index (χ3v) is 6.11. The van der Waals surface area contributed by atoms with Crippen LogP contribution in [0.15, 0.2) is 77.7 Å². The van der Waals surface area contributed by atoms with Gasteiger partial charge in [-0.3, -0.25) is 19.6 Å². The quantitative estimate of drug-likeness (QED) is 0.257.